The van der Waals surface area contributed by atoms with E-state index in [2.05, 4.69) is 21.9 Å². The molecule has 3 heterocycles. The second-order valence-electron chi connectivity index (χ2n) is 7.77. The van der Waals surface area contributed by atoms with Gasteiger partial charge in [-0.05, 0) is 67.6 Å². The fraction of sp³-hybridized carbons (Fsp3) is 0.160. The van der Waals surface area contributed by atoms with Crippen molar-refractivity contribution in [3.8, 4) is 22.5 Å². The van der Waals surface area contributed by atoms with Gasteiger partial charge in [0.2, 0.25) is 0 Å². The summed E-state index contributed by atoms with van der Waals surface area (Å²) in [7, 11) is 0. The second kappa shape index (κ2) is 7.34. The normalized spacial score (nSPS) is 13.4. The van der Waals surface area contributed by atoms with Gasteiger partial charge in [0.1, 0.15) is 11.6 Å². The maximum Gasteiger partial charge on any atom is 0.130 e. The number of benzene rings is 1. The van der Waals surface area contributed by atoms with E-state index in [-0.39, 0.29) is 5.82 Å². The molecule has 1 aliphatic carbocycles. The number of anilines is 1. The average Bonchev–Trinajstić information content (AvgIpc) is 3.61. The fourth-order valence-electron chi connectivity index (χ4n) is 3.65. The van der Waals surface area contributed by atoms with Crippen molar-refractivity contribution in [3.05, 3.63) is 84.7 Å². The standard InChI is InChI=1S/C25H21FN4/c1-15-3-6-20(26)12-21(15)23-11-19-14-28-24(29-16(2)17-4-5-17)13-22(19)25(30-23)18-7-9-27-10-8-18/h3,6-14,17H,2,4-5H2,1H3,(H,28,29). The molecule has 1 fully saturated rings. The van der Waals surface area contributed by atoms with Crippen molar-refractivity contribution in [1.29, 1.82) is 0 Å². The number of aromatic nitrogens is 3. The lowest BCUT2D eigenvalue weighted by Gasteiger charge is -2.14. The van der Waals surface area contributed by atoms with Gasteiger partial charge in [-0.15, -0.1) is 0 Å². The molecule has 1 aromatic carbocycles. The molecule has 0 amide bonds. The molecule has 0 spiro atoms. The summed E-state index contributed by atoms with van der Waals surface area (Å²) < 4.78 is 13.9. The quantitative estimate of drug-likeness (QED) is 0.440. The van der Waals surface area contributed by atoms with Crippen LogP contribution in [0.2, 0.25) is 0 Å². The van der Waals surface area contributed by atoms with Gasteiger partial charge in [0.05, 0.1) is 11.4 Å². The van der Waals surface area contributed by atoms with Crippen LogP contribution in [0.4, 0.5) is 10.2 Å². The van der Waals surface area contributed by atoms with Crippen LogP contribution in [-0.2, 0) is 0 Å². The highest BCUT2D eigenvalue weighted by Crippen LogP contribution is 2.37. The van der Waals surface area contributed by atoms with Crippen LogP contribution in [-0.4, -0.2) is 15.0 Å². The van der Waals surface area contributed by atoms with Gasteiger partial charge in [0, 0.05) is 46.2 Å². The highest BCUT2D eigenvalue weighted by molar-refractivity contribution is 5.98. The van der Waals surface area contributed by atoms with Crippen LogP contribution in [0.15, 0.2) is 73.3 Å². The number of nitrogens with one attached hydrogen (secondary N) is 1. The summed E-state index contributed by atoms with van der Waals surface area (Å²) in [6.45, 7) is 6.09. The number of fused-ring (bicyclic) bond motifs is 1. The minimum absolute atomic E-state index is 0.279. The summed E-state index contributed by atoms with van der Waals surface area (Å²) >= 11 is 0. The third-order valence-electron chi connectivity index (χ3n) is 5.50. The molecule has 0 saturated heterocycles. The van der Waals surface area contributed by atoms with Gasteiger partial charge in [0.25, 0.3) is 0 Å². The lowest BCUT2D eigenvalue weighted by Crippen LogP contribution is -2.02. The number of pyridine rings is 3. The minimum Gasteiger partial charge on any atom is -0.344 e. The Labute approximate surface area is 174 Å². The maximum atomic E-state index is 13.9. The molecule has 1 aliphatic rings. The molecule has 0 radical (unpaired) electrons. The molecule has 4 nitrogen and oxygen atoms in total. The van der Waals surface area contributed by atoms with E-state index in [0.717, 1.165) is 50.4 Å². The van der Waals surface area contributed by atoms with Crippen molar-refractivity contribution in [2.75, 3.05) is 5.32 Å². The number of allylic oxidation sites excluding steroid dienone is 1. The lowest BCUT2D eigenvalue weighted by atomic mass is 10.00. The average molecular weight is 396 g/mol. The second-order valence-corrected chi connectivity index (χ2v) is 7.77. The number of hydrogen-bond donors (Lipinski definition) is 1. The molecule has 3 aromatic heterocycles. The zero-order valence-corrected chi connectivity index (χ0v) is 16.7. The zero-order valence-electron chi connectivity index (χ0n) is 16.7. The van der Waals surface area contributed by atoms with Crippen LogP contribution in [0.3, 0.4) is 0 Å². The zero-order chi connectivity index (χ0) is 20.7. The molecule has 0 bridgehead atoms. The van der Waals surface area contributed by atoms with Crippen LogP contribution in [0.25, 0.3) is 33.3 Å². The lowest BCUT2D eigenvalue weighted by molar-refractivity contribution is 0.628. The minimum atomic E-state index is -0.279. The van der Waals surface area contributed by atoms with Gasteiger partial charge in [-0.25, -0.2) is 14.4 Å². The maximum absolute atomic E-state index is 13.9. The molecular weight excluding hydrogens is 375 g/mol. The highest BCUT2D eigenvalue weighted by Gasteiger charge is 2.25. The molecule has 1 N–H and O–H groups in total. The van der Waals surface area contributed by atoms with Gasteiger partial charge in [-0.3, -0.25) is 4.98 Å². The van der Waals surface area contributed by atoms with Crippen molar-refractivity contribution >= 4 is 16.6 Å². The Morgan fingerprint density at radius 3 is 2.67 bits per heavy atom. The monoisotopic (exact) mass is 396 g/mol. The Bertz CT molecular complexity index is 1260. The number of nitrogens with zero attached hydrogens (tertiary/aromatic N) is 3. The van der Waals surface area contributed by atoms with E-state index < -0.39 is 0 Å². The molecular formula is C25H21FN4. The van der Waals surface area contributed by atoms with Gasteiger partial charge in [-0.1, -0.05) is 12.6 Å². The van der Waals surface area contributed by atoms with E-state index in [9.17, 15) is 4.39 Å². The summed E-state index contributed by atoms with van der Waals surface area (Å²) in [6.07, 6.45) is 7.69. The van der Waals surface area contributed by atoms with E-state index in [4.69, 9.17) is 4.98 Å². The SMILES string of the molecule is C=C(Nc1cc2c(-c3ccncc3)nc(-c3cc(F)ccc3C)cc2cn1)C1CC1. The third kappa shape index (κ3) is 3.54. The summed E-state index contributed by atoms with van der Waals surface area (Å²) in [5.74, 6) is 1.02. The molecule has 5 heteroatoms. The Balaban J connectivity index is 1.69. The molecule has 0 atom stereocenters. The molecule has 148 valence electrons. The molecule has 0 aliphatic heterocycles. The largest absolute Gasteiger partial charge is 0.344 e. The van der Waals surface area contributed by atoms with Crippen molar-refractivity contribution < 1.29 is 4.39 Å². The predicted octanol–water partition coefficient (Wildman–Crippen LogP) is 6.14. The Morgan fingerprint density at radius 2 is 1.90 bits per heavy atom. The van der Waals surface area contributed by atoms with Gasteiger partial charge >= 0.3 is 0 Å². The predicted molar refractivity (Wildman–Crippen MR) is 118 cm³/mol. The molecule has 5 rings (SSSR count). The number of halogens is 1. The summed E-state index contributed by atoms with van der Waals surface area (Å²) in [5, 5.41) is 5.26. The van der Waals surface area contributed by atoms with Gasteiger partial charge in [0.15, 0.2) is 0 Å². The first-order chi connectivity index (χ1) is 14.6. The van der Waals surface area contributed by atoms with Crippen LogP contribution < -0.4 is 5.32 Å². The Hall–Kier alpha value is -3.60. The summed E-state index contributed by atoms with van der Waals surface area (Å²) in [6, 6.07) is 12.6. The van der Waals surface area contributed by atoms with Crippen molar-refractivity contribution in [1.82, 2.24) is 15.0 Å². The molecule has 0 unspecified atom stereocenters. The molecule has 1 saturated carbocycles. The number of hydrogen-bond acceptors (Lipinski definition) is 4. The topological polar surface area (TPSA) is 50.7 Å². The summed E-state index contributed by atoms with van der Waals surface area (Å²) in [5.41, 5.74) is 5.23. The van der Waals surface area contributed by atoms with E-state index in [1.165, 1.54) is 25.0 Å². The van der Waals surface area contributed by atoms with Crippen LogP contribution >= 0.6 is 0 Å². The van der Waals surface area contributed by atoms with Crippen LogP contribution in [0, 0.1) is 18.7 Å². The van der Waals surface area contributed by atoms with Gasteiger partial charge < -0.3 is 5.32 Å². The highest BCUT2D eigenvalue weighted by atomic mass is 19.1. The Morgan fingerprint density at radius 1 is 1.10 bits per heavy atom. The molecule has 30 heavy (non-hydrogen) atoms. The van der Waals surface area contributed by atoms with Crippen LogP contribution in [0.1, 0.15) is 18.4 Å². The van der Waals surface area contributed by atoms with Crippen LogP contribution in [0.5, 0.6) is 0 Å². The third-order valence-corrected chi connectivity index (χ3v) is 5.50. The number of rotatable bonds is 5. The van der Waals surface area contributed by atoms with E-state index in [0.29, 0.717) is 5.92 Å². The first-order valence-corrected chi connectivity index (χ1v) is 10.0. The Kier molecular flexibility index (Phi) is 4.51. The van der Waals surface area contributed by atoms with E-state index in [1.807, 2.05) is 37.4 Å². The molecule has 4 aromatic rings. The van der Waals surface area contributed by atoms with E-state index >= 15 is 0 Å². The smallest absolute Gasteiger partial charge is 0.130 e. The summed E-state index contributed by atoms with van der Waals surface area (Å²) in [4.78, 5) is 13.6. The first kappa shape index (κ1) is 18.4. The fourth-order valence-corrected chi connectivity index (χ4v) is 3.65. The first-order valence-electron chi connectivity index (χ1n) is 10.0. The van der Waals surface area contributed by atoms with Crippen molar-refractivity contribution in [2.24, 2.45) is 5.92 Å². The van der Waals surface area contributed by atoms with Crippen molar-refractivity contribution in [3.63, 3.8) is 0 Å². The number of aryl methyl sites for hydroxylation is 1. The van der Waals surface area contributed by atoms with E-state index in [1.54, 1.807) is 18.5 Å². The van der Waals surface area contributed by atoms with Crippen molar-refractivity contribution in [2.45, 2.75) is 19.8 Å². The van der Waals surface area contributed by atoms with Gasteiger partial charge in [-0.2, -0.15) is 0 Å².